The molecule has 2 aliphatic carbocycles. The van der Waals surface area contributed by atoms with E-state index in [-0.39, 0.29) is 23.9 Å². The number of hydrogen-bond acceptors (Lipinski definition) is 6. The first-order valence-corrected chi connectivity index (χ1v) is 14.8. The highest BCUT2D eigenvalue weighted by Gasteiger charge is 2.42. The third-order valence-electron chi connectivity index (χ3n) is 9.47. The average Bonchev–Trinajstić information content (AvgIpc) is 3.62. The minimum atomic E-state index is -0.135. The maximum absolute atomic E-state index is 13.7. The lowest BCUT2D eigenvalue weighted by Gasteiger charge is -2.35. The number of hydrogen-bond donors (Lipinski definition) is 3. The van der Waals surface area contributed by atoms with Gasteiger partial charge < -0.3 is 15.0 Å². The Labute approximate surface area is 227 Å². The van der Waals surface area contributed by atoms with Crippen LogP contribution in [0.2, 0.25) is 0 Å². The van der Waals surface area contributed by atoms with E-state index in [0.717, 1.165) is 69.5 Å². The van der Waals surface area contributed by atoms with E-state index in [2.05, 4.69) is 57.4 Å². The number of piperidine rings is 1. The molecule has 2 aliphatic heterocycles. The summed E-state index contributed by atoms with van der Waals surface area (Å²) in [5, 5.41) is 3.48. The van der Waals surface area contributed by atoms with E-state index in [9.17, 15) is 4.79 Å². The number of likely N-dealkylation sites (tertiary alicyclic amines) is 1. The normalized spacial score (nSPS) is 29.6. The van der Waals surface area contributed by atoms with Crippen LogP contribution in [0.5, 0.6) is 5.75 Å². The Morgan fingerprint density at radius 1 is 1.00 bits per heavy atom. The number of carbonyl (C=O) groups is 1. The number of nitrogens with one attached hydrogen (secondary N) is 3. The van der Waals surface area contributed by atoms with Crippen LogP contribution in [0.25, 0.3) is 0 Å². The van der Waals surface area contributed by atoms with Crippen LogP contribution < -0.4 is 20.9 Å². The summed E-state index contributed by atoms with van der Waals surface area (Å²) in [6.45, 7) is 2.20. The molecule has 0 bridgehead atoms. The number of rotatable bonds is 7. The molecular formula is C31H43N5O2. The number of hydrazine groups is 1. The van der Waals surface area contributed by atoms with E-state index in [1.165, 1.54) is 18.4 Å². The number of nitrogens with zero attached hydrogens (tertiary/aromatic N) is 2. The van der Waals surface area contributed by atoms with E-state index in [4.69, 9.17) is 4.74 Å². The maximum Gasteiger partial charge on any atom is 0.229 e. The Hall–Kier alpha value is -2.48. The van der Waals surface area contributed by atoms with Gasteiger partial charge in [0.25, 0.3) is 0 Å². The highest BCUT2D eigenvalue weighted by atomic mass is 16.5. The number of ether oxygens (including phenoxy) is 1. The van der Waals surface area contributed by atoms with Crippen LogP contribution >= 0.6 is 0 Å². The molecule has 3 heterocycles. The number of amides is 1. The smallest absolute Gasteiger partial charge is 0.229 e. The molecule has 7 heteroatoms. The van der Waals surface area contributed by atoms with Gasteiger partial charge in [0, 0.05) is 31.4 Å². The van der Waals surface area contributed by atoms with Crippen molar-refractivity contribution in [3.8, 4) is 5.75 Å². The molecule has 5 atom stereocenters. The lowest BCUT2D eigenvalue weighted by atomic mass is 9.77. The molecule has 5 unspecified atom stereocenters. The van der Waals surface area contributed by atoms with Gasteiger partial charge in [-0.3, -0.25) is 15.2 Å². The first kappa shape index (κ1) is 25.8. The Balaban J connectivity index is 1.09. The molecule has 204 valence electrons. The van der Waals surface area contributed by atoms with E-state index in [1.54, 1.807) is 0 Å². The molecule has 2 saturated carbocycles. The molecule has 7 nitrogen and oxygen atoms in total. The molecule has 0 spiro atoms. The van der Waals surface area contributed by atoms with Crippen LogP contribution in [0.15, 0.2) is 48.7 Å². The van der Waals surface area contributed by atoms with Gasteiger partial charge in [-0.25, -0.2) is 5.43 Å². The minimum absolute atomic E-state index is 0.135. The van der Waals surface area contributed by atoms with E-state index in [0.29, 0.717) is 24.0 Å². The molecule has 1 aromatic heterocycles. The van der Waals surface area contributed by atoms with Crippen molar-refractivity contribution in [1.82, 2.24) is 26.1 Å². The van der Waals surface area contributed by atoms with E-state index < -0.39 is 0 Å². The molecule has 2 aromatic rings. The van der Waals surface area contributed by atoms with Gasteiger partial charge >= 0.3 is 0 Å². The van der Waals surface area contributed by atoms with E-state index >= 15 is 0 Å². The topological polar surface area (TPSA) is 78.5 Å². The van der Waals surface area contributed by atoms with Gasteiger partial charge in [-0.2, -0.15) is 0 Å². The van der Waals surface area contributed by atoms with Crippen LogP contribution in [0, 0.1) is 11.8 Å². The lowest BCUT2D eigenvalue weighted by molar-refractivity contribution is -0.124. The summed E-state index contributed by atoms with van der Waals surface area (Å²) in [4.78, 5) is 20.6. The van der Waals surface area contributed by atoms with Crippen molar-refractivity contribution in [3.05, 3.63) is 59.9 Å². The summed E-state index contributed by atoms with van der Waals surface area (Å²) in [5.74, 6) is 1.84. The summed E-state index contributed by atoms with van der Waals surface area (Å²) >= 11 is 0. The number of aromatic nitrogens is 1. The van der Waals surface area contributed by atoms with Crippen molar-refractivity contribution >= 4 is 5.91 Å². The molecule has 4 fully saturated rings. The lowest BCUT2D eigenvalue weighted by Crippen LogP contribution is -2.46. The zero-order valence-electron chi connectivity index (χ0n) is 22.6. The van der Waals surface area contributed by atoms with Crippen LogP contribution in [0.4, 0.5) is 0 Å². The van der Waals surface area contributed by atoms with Crippen molar-refractivity contribution in [2.24, 2.45) is 11.8 Å². The summed E-state index contributed by atoms with van der Waals surface area (Å²) in [6.07, 6.45) is 12.0. The second kappa shape index (κ2) is 11.7. The Morgan fingerprint density at radius 3 is 2.53 bits per heavy atom. The Bertz CT molecular complexity index is 1050. The molecule has 38 heavy (non-hydrogen) atoms. The summed E-state index contributed by atoms with van der Waals surface area (Å²) in [7, 11) is 2.18. The SMILES string of the molecule is CN1CCC(Oc2ccc(C3NNC4CCC(NC(=O)C(c5ccccn5)C5CCCC5)CC43)cc2)CC1. The van der Waals surface area contributed by atoms with Gasteiger partial charge in [-0.15, -0.1) is 0 Å². The molecule has 6 rings (SSSR count). The van der Waals surface area contributed by atoms with Gasteiger partial charge in [-0.05, 0) is 93.7 Å². The fraction of sp³-hybridized carbons (Fsp3) is 0.613. The average molecular weight is 518 g/mol. The quantitative estimate of drug-likeness (QED) is 0.508. The van der Waals surface area contributed by atoms with Crippen molar-refractivity contribution in [2.45, 2.75) is 87.9 Å². The van der Waals surface area contributed by atoms with Crippen molar-refractivity contribution in [2.75, 3.05) is 20.1 Å². The van der Waals surface area contributed by atoms with Crippen LogP contribution in [-0.2, 0) is 4.79 Å². The largest absolute Gasteiger partial charge is 0.490 e. The predicted molar refractivity (Wildman–Crippen MR) is 149 cm³/mol. The number of fused-ring (bicyclic) bond motifs is 1. The van der Waals surface area contributed by atoms with Gasteiger partial charge in [0.15, 0.2) is 0 Å². The second-order valence-corrected chi connectivity index (χ2v) is 12.0. The molecule has 4 aliphatic rings. The highest BCUT2D eigenvalue weighted by Crippen LogP contribution is 2.40. The maximum atomic E-state index is 13.7. The molecule has 3 N–H and O–H groups in total. The summed E-state index contributed by atoms with van der Waals surface area (Å²) in [6, 6.07) is 15.5. The fourth-order valence-corrected chi connectivity index (χ4v) is 7.30. The van der Waals surface area contributed by atoms with Crippen molar-refractivity contribution in [3.63, 3.8) is 0 Å². The zero-order chi connectivity index (χ0) is 25.9. The summed E-state index contributed by atoms with van der Waals surface area (Å²) < 4.78 is 6.27. The minimum Gasteiger partial charge on any atom is -0.490 e. The number of pyridine rings is 1. The van der Waals surface area contributed by atoms with Crippen molar-refractivity contribution in [1.29, 1.82) is 0 Å². The first-order valence-electron chi connectivity index (χ1n) is 14.8. The Morgan fingerprint density at radius 2 is 1.79 bits per heavy atom. The monoisotopic (exact) mass is 517 g/mol. The third-order valence-corrected chi connectivity index (χ3v) is 9.47. The zero-order valence-corrected chi connectivity index (χ0v) is 22.6. The predicted octanol–water partition coefficient (Wildman–Crippen LogP) is 4.33. The van der Waals surface area contributed by atoms with Crippen molar-refractivity contribution < 1.29 is 9.53 Å². The van der Waals surface area contributed by atoms with Crippen LogP contribution in [0.1, 0.15) is 81.0 Å². The molecule has 0 radical (unpaired) electrons. The number of carbonyl (C=O) groups excluding carboxylic acids is 1. The van der Waals surface area contributed by atoms with Crippen LogP contribution in [0.3, 0.4) is 0 Å². The van der Waals surface area contributed by atoms with Crippen LogP contribution in [-0.4, -0.2) is 54.1 Å². The van der Waals surface area contributed by atoms with Gasteiger partial charge in [0.05, 0.1) is 17.7 Å². The molecule has 1 aromatic carbocycles. The highest BCUT2D eigenvalue weighted by molar-refractivity contribution is 5.83. The number of benzene rings is 1. The molecule has 2 saturated heterocycles. The standard InChI is InChI=1S/C31H43N5O2/c1-36-18-15-25(16-19-36)38-24-12-9-22(10-13-24)30-26-20-23(11-14-27(26)34-35-30)33-31(37)29(21-6-2-3-7-21)28-8-4-5-17-32-28/h4-5,8-10,12-13,17,21,23,25-27,29-30,34-35H,2-3,6-7,11,14-16,18-20H2,1H3,(H,33,37). The van der Waals surface area contributed by atoms with Gasteiger partial charge in [-0.1, -0.05) is 31.0 Å². The Kier molecular flexibility index (Phi) is 7.95. The third kappa shape index (κ3) is 5.75. The van der Waals surface area contributed by atoms with E-state index in [1.807, 2.05) is 24.4 Å². The summed E-state index contributed by atoms with van der Waals surface area (Å²) in [5.41, 5.74) is 9.33. The molecular weight excluding hydrogens is 474 g/mol. The fourth-order valence-electron chi connectivity index (χ4n) is 7.30. The second-order valence-electron chi connectivity index (χ2n) is 12.0. The first-order chi connectivity index (χ1) is 18.6. The molecule has 1 amide bonds. The van der Waals surface area contributed by atoms with Gasteiger partial charge in [0.1, 0.15) is 11.9 Å². The van der Waals surface area contributed by atoms with Gasteiger partial charge in [0.2, 0.25) is 5.91 Å².